The van der Waals surface area contributed by atoms with Gasteiger partial charge in [-0.1, -0.05) is 133 Å². The molecule has 0 saturated heterocycles. The highest BCUT2D eigenvalue weighted by atomic mass is 16.3. The lowest BCUT2D eigenvalue weighted by Crippen LogP contribution is -2.00. The van der Waals surface area contributed by atoms with Gasteiger partial charge in [0.05, 0.1) is 0 Å². The molecule has 0 amide bonds. The van der Waals surface area contributed by atoms with Gasteiger partial charge in [0.15, 0.2) is 17.5 Å². The molecule has 0 N–H and O–H groups in total. The first-order valence-electron chi connectivity index (χ1n) is 15.7. The van der Waals surface area contributed by atoms with Crippen LogP contribution in [-0.2, 0) is 0 Å². The summed E-state index contributed by atoms with van der Waals surface area (Å²) in [5.41, 5.74) is 9.13. The van der Waals surface area contributed by atoms with Gasteiger partial charge in [-0.25, -0.2) is 15.0 Å². The van der Waals surface area contributed by atoms with Crippen molar-refractivity contribution < 1.29 is 4.42 Å². The summed E-state index contributed by atoms with van der Waals surface area (Å²) >= 11 is 0. The Labute approximate surface area is 271 Å². The summed E-state index contributed by atoms with van der Waals surface area (Å²) in [4.78, 5) is 14.8. The summed E-state index contributed by atoms with van der Waals surface area (Å²) in [7, 11) is 0. The van der Waals surface area contributed by atoms with Crippen LogP contribution in [0.3, 0.4) is 0 Å². The summed E-state index contributed by atoms with van der Waals surface area (Å²) in [6, 6.07) is 56.3. The molecule has 0 saturated carbocycles. The number of aromatic nitrogens is 3. The number of fused-ring (bicyclic) bond motifs is 5. The summed E-state index contributed by atoms with van der Waals surface area (Å²) in [6.45, 7) is 0. The van der Waals surface area contributed by atoms with Gasteiger partial charge in [-0.15, -0.1) is 0 Å². The highest BCUT2D eigenvalue weighted by Crippen LogP contribution is 2.41. The van der Waals surface area contributed by atoms with Crippen molar-refractivity contribution in [3.8, 4) is 56.4 Å². The molecule has 0 aliphatic heterocycles. The van der Waals surface area contributed by atoms with Gasteiger partial charge >= 0.3 is 0 Å². The first-order chi connectivity index (χ1) is 23.3. The van der Waals surface area contributed by atoms with E-state index in [1.165, 1.54) is 16.5 Å². The van der Waals surface area contributed by atoms with Crippen LogP contribution >= 0.6 is 0 Å². The van der Waals surface area contributed by atoms with Crippen molar-refractivity contribution in [3.05, 3.63) is 164 Å². The van der Waals surface area contributed by atoms with Crippen molar-refractivity contribution >= 4 is 32.7 Å². The lowest BCUT2D eigenvalue weighted by molar-refractivity contribution is 0.669. The smallest absolute Gasteiger partial charge is 0.164 e. The van der Waals surface area contributed by atoms with Crippen LogP contribution in [-0.4, -0.2) is 15.0 Å². The third kappa shape index (κ3) is 4.84. The Morgan fingerprint density at radius 3 is 1.51 bits per heavy atom. The maximum absolute atomic E-state index is 6.56. The van der Waals surface area contributed by atoms with Gasteiger partial charge in [-0.2, -0.15) is 0 Å². The normalized spacial score (nSPS) is 11.4. The Bertz CT molecular complexity index is 2500. The summed E-state index contributed by atoms with van der Waals surface area (Å²) in [5, 5.41) is 4.44. The van der Waals surface area contributed by atoms with Crippen LogP contribution in [0, 0.1) is 0 Å². The van der Waals surface area contributed by atoms with E-state index in [1.807, 2.05) is 78.9 Å². The Hall–Kier alpha value is -6.39. The number of rotatable bonds is 5. The Balaban J connectivity index is 1.23. The third-order valence-corrected chi connectivity index (χ3v) is 8.72. The summed E-state index contributed by atoms with van der Waals surface area (Å²) < 4.78 is 6.56. The first kappa shape index (κ1) is 27.0. The molecule has 0 unspecified atom stereocenters. The molecule has 4 heteroatoms. The molecule has 9 rings (SSSR count). The largest absolute Gasteiger partial charge is 0.456 e. The predicted octanol–water partition coefficient (Wildman–Crippen LogP) is 11.3. The molecule has 0 atom stereocenters. The van der Waals surface area contributed by atoms with E-state index in [-0.39, 0.29) is 0 Å². The van der Waals surface area contributed by atoms with Crippen molar-refractivity contribution in [3.63, 3.8) is 0 Å². The fourth-order valence-corrected chi connectivity index (χ4v) is 6.45. The second kappa shape index (κ2) is 11.2. The third-order valence-electron chi connectivity index (χ3n) is 8.72. The fraction of sp³-hybridized carbons (Fsp3) is 0. The van der Waals surface area contributed by atoms with Gasteiger partial charge in [0.25, 0.3) is 0 Å². The van der Waals surface area contributed by atoms with E-state index >= 15 is 0 Å². The van der Waals surface area contributed by atoms with Crippen LogP contribution < -0.4 is 0 Å². The minimum atomic E-state index is 0.618. The van der Waals surface area contributed by atoms with Gasteiger partial charge in [-0.05, 0) is 63.4 Å². The fourth-order valence-electron chi connectivity index (χ4n) is 6.45. The highest BCUT2D eigenvalue weighted by molar-refractivity contribution is 6.22. The van der Waals surface area contributed by atoms with Crippen LogP contribution in [0.1, 0.15) is 0 Å². The van der Waals surface area contributed by atoms with E-state index in [2.05, 4.69) is 84.9 Å². The topological polar surface area (TPSA) is 51.8 Å². The van der Waals surface area contributed by atoms with Crippen molar-refractivity contribution in [1.29, 1.82) is 0 Å². The summed E-state index contributed by atoms with van der Waals surface area (Å²) in [6.07, 6.45) is 0. The van der Waals surface area contributed by atoms with E-state index in [4.69, 9.17) is 19.4 Å². The van der Waals surface area contributed by atoms with Crippen LogP contribution in [0.2, 0.25) is 0 Å². The molecule has 4 nitrogen and oxygen atoms in total. The average Bonchev–Trinajstić information content (AvgIpc) is 3.53. The molecule has 0 aliphatic carbocycles. The van der Waals surface area contributed by atoms with Crippen LogP contribution in [0.25, 0.3) is 89.1 Å². The second-order valence-corrected chi connectivity index (χ2v) is 11.6. The number of furan rings is 1. The molecule has 0 aliphatic rings. The Kier molecular flexibility index (Phi) is 6.43. The van der Waals surface area contributed by atoms with E-state index in [0.29, 0.717) is 17.5 Å². The van der Waals surface area contributed by atoms with Gasteiger partial charge in [0.1, 0.15) is 11.2 Å². The summed E-state index contributed by atoms with van der Waals surface area (Å²) in [5.74, 6) is 1.89. The maximum atomic E-state index is 6.56. The van der Waals surface area contributed by atoms with Crippen molar-refractivity contribution in [2.45, 2.75) is 0 Å². The lowest BCUT2D eigenvalue weighted by Gasteiger charge is -2.10. The average molecular weight is 602 g/mol. The van der Waals surface area contributed by atoms with E-state index in [1.54, 1.807) is 0 Å². The molecule has 2 aromatic heterocycles. The standard InChI is InChI=1S/C43H27N3O/c1-4-13-28(14-5-1)31-19-12-20-32(25-31)36-27-39-40(35-22-11-10-21-34(35)36)37-26-33(23-24-38(37)47-39)43-45-41(29-15-6-2-7-16-29)44-42(46-43)30-17-8-3-9-18-30/h1-27H. The minimum Gasteiger partial charge on any atom is -0.456 e. The molecule has 0 radical (unpaired) electrons. The number of hydrogen-bond acceptors (Lipinski definition) is 4. The molecule has 47 heavy (non-hydrogen) atoms. The zero-order chi connectivity index (χ0) is 31.2. The second-order valence-electron chi connectivity index (χ2n) is 11.6. The van der Waals surface area contributed by atoms with E-state index in [9.17, 15) is 0 Å². The number of benzene rings is 7. The van der Waals surface area contributed by atoms with Crippen LogP contribution in [0.15, 0.2) is 168 Å². The van der Waals surface area contributed by atoms with Gasteiger partial charge < -0.3 is 4.42 Å². The van der Waals surface area contributed by atoms with Gasteiger partial charge in [-0.3, -0.25) is 0 Å². The molecule has 2 heterocycles. The van der Waals surface area contributed by atoms with Gasteiger partial charge in [0, 0.05) is 27.5 Å². The minimum absolute atomic E-state index is 0.618. The Morgan fingerprint density at radius 1 is 0.319 bits per heavy atom. The molecule has 9 aromatic rings. The van der Waals surface area contributed by atoms with Crippen molar-refractivity contribution in [1.82, 2.24) is 15.0 Å². The number of nitrogens with zero attached hydrogens (tertiary/aromatic N) is 3. The quantitative estimate of drug-likeness (QED) is 0.197. The molecule has 220 valence electrons. The molecular weight excluding hydrogens is 574 g/mol. The first-order valence-corrected chi connectivity index (χ1v) is 15.7. The van der Waals surface area contributed by atoms with Crippen molar-refractivity contribution in [2.24, 2.45) is 0 Å². The molecule has 0 spiro atoms. The molecule has 7 aromatic carbocycles. The van der Waals surface area contributed by atoms with Crippen LogP contribution in [0.4, 0.5) is 0 Å². The van der Waals surface area contributed by atoms with Crippen LogP contribution in [0.5, 0.6) is 0 Å². The van der Waals surface area contributed by atoms with Gasteiger partial charge in [0.2, 0.25) is 0 Å². The lowest BCUT2D eigenvalue weighted by atomic mass is 9.93. The zero-order valence-electron chi connectivity index (χ0n) is 25.3. The van der Waals surface area contributed by atoms with E-state index in [0.717, 1.165) is 55.1 Å². The molecular formula is C43H27N3O. The number of hydrogen-bond donors (Lipinski definition) is 0. The predicted molar refractivity (Wildman–Crippen MR) is 192 cm³/mol. The highest BCUT2D eigenvalue weighted by Gasteiger charge is 2.18. The zero-order valence-corrected chi connectivity index (χ0v) is 25.3. The Morgan fingerprint density at radius 2 is 0.851 bits per heavy atom. The maximum Gasteiger partial charge on any atom is 0.164 e. The van der Waals surface area contributed by atoms with E-state index < -0.39 is 0 Å². The monoisotopic (exact) mass is 601 g/mol. The SMILES string of the molecule is c1ccc(-c2cccc(-c3cc4oc5ccc(-c6nc(-c7ccccc7)nc(-c7ccccc7)n6)cc5c4c4ccccc34)c2)cc1. The molecule has 0 bridgehead atoms. The van der Waals surface area contributed by atoms with Crippen molar-refractivity contribution in [2.75, 3.05) is 0 Å². The molecule has 0 fully saturated rings.